The zero-order valence-electron chi connectivity index (χ0n) is 7.26. The number of aliphatic hydroxyl groups is 3. The minimum absolute atomic E-state index is 0.344. The maximum Gasteiger partial charge on any atom is 0.180 e. The molecule has 1 aromatic heterocycles. The van der Waals surface area contributed by atoms with Crippen LogP contribution in [0.4, 0.5) is 0 Å². The molecule has 0 spiro atoms. The summed E-state index contributed by atoms with van der Waals surface area (Å²) in [5.74, 6) is 0. The Morgan fingerprint density at radius 2 is 2.14 bits per heavy atom. The summed E-state index contributed by atoms with van der Waals surface area (Å²) < 4.78 is 6.49. The molecule has 0 radical (unpaired) electrons. The lowest BCUT2D eigenvalue weighted by atomic mass is 10.1. The number of nitrogens with zero attached hydrogens (tertiary/aromatic N) is 3. The Morgan fingerprint density at radius 1 is 1.36 bits per heavy atom. The van der Waals surface area contributed by atoms with Crippen LogP contribution in [0, 0.1) is 0 Å². The first-order chi connectivity index (χ1) is 6.74. The van der Waals surface area contributed by atoms with Crippen molar-refractivity contribution in [3.8, 4) is 0 Å². The smallest absolute Gasteiger partial charge is 0.180 e. The van der Waals surface area contributed by atoms with Crippen molar-refractivity contribution in [1.82, 2.24) is 14.8 Å². The predicted molar refractivity (Wildman–Crippen MR) is 43.0 cm³/mol. The van der Waals surface area contributed by atoms with E-state index in [1.165, 1.54) is 17.3 Å². The summed E-state index contributed by atoms with van der Waals surface area (Å²) in [6, 6.07) is 0. The first-order valence-corrected chi connectivity index (χ1v) is 4.20. The van der Waals surface area contributed by atoms with Gasteiger partial charge in [0.2, 0.25) is 0 Å². The van der Waals surface area contributed by atoms with Gasteiger partial charge in [0.25, 0.3) is 0 Å². The molecule has 2 heterocycles. The van der Waals surface area contributed by atoms with E-state index in [-0.39, 0.29) is 6.61 Å². The van der Waals surface area contributed by atoms with Gasteiger partial charge in [0.15, 0.2) is 6.23 Å². The van der Waals surface area contributed by atoms with Gasteiger partial charge in [0, 0.05) is 0 Å². The first-order valence-electron chi connectivity index (χ1n) is 4.20. The average molecular weight is 201 g/mol. The zero-order valence-corrected chi connectivity index (χ0v) is 7.26. The minimum atomic E-state index is -1.10. The van der Waals surface area contributed by atoms with Crippen LogP contribution in [-0.2, 0) is 4.74 Å². The maximum absolute atomic E-state index is 9.56. The predicted octanol–water partition coefficient (Wildman–Crippen LogP) is -2.11. The van der Waals surface area contributed by atoms with E-state index >= 15 is 0 Å². The Labute approximate surface area is 79.6 Å². The van der Waals surface area contributed by atoms with E-state index in [0.29, 0.717) is 0 Å². The molecule has 1 fully saturated rings. The molecule has 0 aliphatic carbocycles. The monoisotopic (exact) mass is 201 g/mol. The second-order valence-corrected chi connectivity index (χ2v) is 3.10. The molecule has 1 aliphatic rings. The molecule has 1 saturated heterocycles. The van der Waals surface area contributed by atoms with Gasteiger partial charge >= 0.3 is 0 Å². The van der Waals surface area contributed by atoms with Crippen LogP contribution in [0.25, 0.3) is 0 Å². The Bertz CT molecular complexity index is 291. The number of ether oxygens (including phenoxy) is 1. The van der Waals surface area contributed by atoms with E-state index in [2.05, 4.69) is 10.1 Å². The van der Waals surface area contributed by atoms with Crippen LogP contribution >= 0.6 is 0 Å². The molecule has 2 rings (SSSR count). The molecular weight excluding hydrogens is 190 g/mol. The summed E-state index contributed by atoms with van der Waals surface area (Å²) in [5.41, 5.74) is 0. The summed E-state index contributed by atoms with van der Waals surface area (Å²) in [6.07, 6.45) is -1.10. The second-order valence-electron chi connectivity index (χ2n) is 3.10. The van der Waals surface area contributed by atoms with Crippen LogP contribution in [0.1, 0.15) is 6.23 Å². The van der Waals surface area contributed by atoms with E-state index in [0.717, 1.165) is 0 Å². The fraction of sp³-hybridized carbons (Fsp3) is 0.714. The molecule has 0 unspecified atom stereocenters. The van der Waals surface area contributed by atoms with Crippen molar-refractivity contribution in [3.05, 3.63) is 12.7 Å². The minimum Gasteiger partial charge on any atom is -0.394 e. The van der Waals surface area contributed by atoms with E-state index in [4.69, 9.17) is 9.84 Å². The maximum atomic E-state index is 9.56. The van der Waals surface area contributed by atoms with Crippen LogP contribution in [0.2, 0.25) is 0 Å². The van der Waals surface area contributed by atoms with Crippen LogP contribution in [0.5, 0.6) is 0 Å². The second kappa shape index (κ2) is 3.62. The molecule has 0 aromatic carbocycles. The van der Waals surface area contributed by atoms with E-state index in [1.807, 2.05) is 0 Å². The summed E-state index contributed by atoms with van der Waals surface area (Å²) in [4.78, 5) is 3.69. The van der Waals surface area contributed by atoms with Gasteiger partial charge in [-0.3, -0.25) is 0 Å². The molecule has 14 heavy (non-hydrogen) atoms. The van der Waals surface area contributed by atoms with Crippen molar-refractivity contribution in [3.63, 3.8) is 0 Å². The van der Waals surface area contributed by atoms with Gasteiger partial charge in [-0.15, -0.1) is 0 Å². The molecule has 0 amide bonds. The number of hydrogen-bond acceptors (Lipinski definition) is 6. The van der Waals surface area contributed by atoms with Crippen LogP contribution in [0.15, 0.2) is 12.7 Å². The SMILES string of the molecule is OC[C@@H]1O[C@@H](n2cncn2)[C@H](O)[C@@H]1O. The molecule has 3 N–H and O–H groups in total. The Balaban J connectivity index is 2.16. The van der Waals surface area contributed by atoms with Crippen molar-refractivity contribution in [1.29, 1.82) is 0 Å². The van der Waals surface area contributed by atoms with Crippen molar-refractivity contribution in [2.75, 3.05) is 6.61 Å². The van der Waals surface area contributed by atoms with Gasteiger partial charge in [-0.2, -0.15) is 5.10 Å². The molecule has 0 saturated carbocycles. The van der Waals surface area contributed by atoms with Crippen LogP contribution < -0.4 is 0 Å². The fourth-order valence-corrected chi connectivity index (χ4v) is 1.45. The highest BCUT2D eigenvalue weighted by molar-refractivity contribution is 4.88. The van der Waals surface area contributed by atoms with Crippen molar-refractivity contribution < 1.29 is 20.1 Å². The summed E-state index contributed by atoms with van der Waals surface area (Å²) >= 11 is 0. The Kier molecular flexibility index (Phi) is 2.46. The topological polar surface area (TPSA) is 101 Å². The summed E-state index contributed by atoms with van der Waals surface area (Å²) in [6.45, 7) is -0.344. The van der Waals surface area contributed by atoms with Crippen molar-refractivity contribution in [2.45, 2.75) is 24.5 Å². The quantitative estimate of drug-likeness (QED) is 0.506. The van der Waals surface area contributed by atoms with E-state index in [9.17, 15) is 10.2 Å². The van der Waals surface area contributed by atoms with E-state index in [1.54, 1.807) is 0 Å². The van der Waals surface area contributed by atoms with Gasteiger partial charge < -0.3 is 20.1 Å². The molecule has 1 aromatic rings. The van der Waals surface area contributed by atoms with E-state index < -0.39 is 24.5 Å². The van der Waals surface area contributed by atoms with Gasteiger partial charge in [-0.25, -0.2) is 9.67 Å². The lowest BCUT2D eigenvalue weighted by Gasteiger charge is -2.13. The molecule has 78 valence electrons. The van der Waals surface area contributed by atoms with Crippen molar-refractivity contribution >= 4 is 0 Å². The van der Waals surface area contributed by atoms with Gasteiger partial charge in [-0.1, -0.05) is 0 Å². The third-order valence-corrected chi connectivity index (χ3v) is 2.21. The number of hydrogen-bond donors (Lipinski definition) is 3. The lowest BCUT2D eigenvalue weighted by Crippen LogP contribution is -2.33. The molecular formula is C7H11N3O4. The highest BCUT2D eigenvalue weighted by Gasteiger charge is 2.43. The highest BCUT2D eigenvalue weighted by atomic mass is 16.6. The zero-order chi connectivity index (χ0) is 10.1. The van der Waals surface area contributed by atoms with Gasteiger partial charge in [0.1, 0.15) is 31.0 Å². The Morgan fingerprint density at radius 3 is 2.64 bits per heavy atom. The largest absolute Gasteiger partial charge is 0.394 e. The normalized spacial score (nSPS) is 37.6. The molecule has 7 heteroatoms. The fourth-order valence-electron chi connectivity index (χ4n) is 1.45. The number of rotatable bonds is 2. The third kappa shape index (κ3) is 1.40. The summed E-state index contributed by atoms with van der Waals surface area (Å²) in [5, 5.41) is 31.6. The molecule has 0 bridgehead atoms. The molecule has 1 aliphatic heterocycles. The van der Waals surface area contributed by atoms with Crippen LogP contribution in [0.3, 0.4) is 0 Å². The van der Waals surface area contributed by atoms with Gasteiger partial charge in [-0.05, 0) is 0 Å². The average Bonchev–Trinajstić information content (AvgIpc) is 2.78. The summed E-state index contributed by atoms with van der Waals surface area (Å²) in [7, 11) is 0. The number of aliphatic hydroxyl groups excluding tert-OH is 3. The highest BCUT2D eigenvalue weighted by Crippen LogP contribution is 2.27. The van der Waals surface area contributed by atoms with Gasteiger partial charge in [0.05, 0.1) is 6.61 Å². The Hall–Kier alpha value is -1.02. The number of aromatic nitrogens is 3. The lowest BCUT2D eigenvalue weighted by molar-refractivity contribution is -0.0587. The first kappa shape index (κ1) is 9.53. The van der Waals surface area contributed by atoms with Crippen molar-refractivity contribution in [2.24, 2.45) is 0 Å². The standard InChI is InChI=1S/C7H11N3O4/c11-1-4-5(12)6(13)7(14-4)10-3-8-2-9-10/h2-7,11-13H,1H2/t4-,5+,6+,7+/m0/s1. The van der Waals surface area contributed by atoms with Crippen LogP contribution in [-0.4, -0.2) is 55.0 Å². The molecule has 4 atom stereocenters. The molecule has 7 nitrogen and oxygen atoms in total. The third-order valence-electron chi connectivity index (χ3n) is 2.21.